The number of anilines is 2. The lowest BCUT2D eigenvalue weighted by molar-refractivity contribution is 1.01. The summed E-state index contributed by atoms with van der Waals surface area (Å²) in [6.45, 7) is 0.787. The zero-order valence-electron chi connectivity index (χ0n) is 14.1. The Morgan fingerprint density at radius 2 is 1.93 bits per heavy atom. The molecule has 0 saturated carbocycles. The van der Waals surface area contributed by atoms with Gasteiger partial charge in [0.2, 0.25) is 5.95 Å². The van der Waals surface area contributed by atoms with Gasteiger partial charge in [0.25, 0.3) is 5.56 Å². The number of nitrogens with one attached hydrogen (secondary N) is 4. The topological polar surface area (TPSA) is 107 Å². The Morgan fingerprint density at radius 3 is 2.63 bits per heavy atom. The molecule has 0 saturated heterocycles. The Labute approximate surface area is 165 Å². The predicted octanol–water partition coefficient (Wildman–Crippen LogP) is 3.69. The minimum Gasteiger partial charge on any atom is -0.375 e. The molecular formula is C18H16Cl2N6O. The lowest BCUT2D eigenvalue weighted by Gasteiger charge is -2.11. The normalized spacial score (nSPS) is 10.4. The molecule has 0 aliphatic heterocycles. The standard InChI is InChI=1S/C18H16Cl2N6O/c19-13-4-3-11(6-14(13)20)9-24-18-25-15(7-21)16(17(27)26-18)23-10-12-2-1-5-22-8-12/h1-8,21,23H,9-10H2,(H2,24,25,26,27). The molecule has 0 amide bonds. The van der Waals surface area contributed by atoms with E-state index >= 15 is 0 Å². The zero-order valence-corrected chi connectivity index (χ0v) is 15.6. The van der Waals surface area contributed by atoms with Gasteiger partial charge in [-0.1, -0.05) is 35.3 Å². The summed E-state index contributed by atoms with van der Waals surface area (Å²) in [6, 6.07) is 8.95. The van der Waals surface area contributed by atoms with E-state index in [2.05, 4.69) is 25.6 Å². The smallest absolute Gasteiger partial charge is 0.276 e. The van der Waals surface area contributed by atoms with Crippen molar-refractivity contribution >= 4 is 41.1 Å². The molecule has 3 rings (SSSR count). The average molecular weight is 403 g/mol. The number of benzene rings is 1. The van der Waals surface area contributed by atoms with E-state index in [1.54, 1.807) is 24.5 Å². The molecule has 0 unspecified atom stereocenters. The number of aromatic amines is 1. The van der Waals surface area contributed by atoms with E-state index in [1.807, 2.05) is 18.2 Å². The number of aromatic nitrogens is 3. The zero-order chi connectivity index (χ0) is 19.2. The van der Waals surface area contributed by atoms with Crippen LogP contribution in [0, 0.1) is 5.41 Å². The third-order valence-electron chi connectivity index (χ3n) is 3.72. The minimum atomic E-state index is -0.371. The maximum Gasteiger partial charge on any atom is 0.276 e. The summed E-state index contributed by atoms with van der Waals surface area (Å²) in [4.78, 5) is 23.4. The van der Waals surface area contributed by atoms with Crippen molar-refractivity contribution < 1.29 is 0 Å². The largest absolute Gasteiger partial charge is 0.375 e. The third kappa shape index (κ3) is 4.84. The van der Waals surface area contributed by atoms with Gasteiger partial charge in [0, 0.05) is 31.7 Å². The molecule has 9 heteroatoms. The molecule has 0 atom stereocenters. The Hall–Kier alpha value is -2.90. The van der Waals surface area contributed by atoms with Crippen LogP contribution in [0.1, 0.15) is 16.8 Å². The summed E-state index contributed by atoms with van der Waals surface area (Å²) in [5.74, 6) is 0.261. The van der Waals surface area contributed by atoms with E-state index in [1.165, 1.54) is 0 Å². The van der Waals surface area contributed by atoms with Crippen LogP contribution in [0.25, 0.3) is 0 Å². The van der Waals surface area contributed by atoms with Gasteiger partial charge in [-0.3, -0.25) is 14.8 Å². The maximum absolute atomic E-state index is 12.4. The van der Waals surface area contributed by atoms with Crippen molar-refractivity contribution in [3.63, 3.8) is 0 Å². The third-order valence-corrected chi connectivity index (χ3v) is 4.46. The molecule has 0 aliphatic carbocycles. The quantitative estimate of drug-likeness (QED) is 0.450. The molecule has 1 aromatic carbocycles. The predicted molar refractivity (Wildman–Crippen MR) is 108 cm³/mol. The van der Waals surface area contributed by atoms with Crippen molar-refractivity contribution in [2.75, 3.05) is 10.6 Å². The summed E-state index contributed by atoms with van der Waals surface area (Å²) >= 11 is 11.9. The molecule has 2 aromatic heterocycles. The van der Waals surface area contributed by atoms with Crippen LogP contribution < -0.4 is 16.2 Å². The first-order valence-corrected chi connectivity index (χ1v) is 8.78. The van der Waals surface area contributed by atoms with E-state index < -0.39 is 0 Å². The van der Waals surface area contributed by atoms with Crippen molar-refractivity contribution in [2.45, 2.75) is 13.1 Å². The van der Waals surface area contributed by atoms with Gasteiger partial charge in [-0.2, -0.15) is 0 Å². The van der Waals surface area contributed by atoms with Crippen molar-refractivity contribution in [1.29, 1.82) is 5.41 Å². The fourth-order valence-electron chi connectivity index (χ4n) is 2.38. The molecule has 0 spiro atoms. The maximum atomic E-state index is 12.4. The number of hydrogen-bond donors (Lipinski definition) is 4. The highest BCUT2D eigenvalue weighted by molar-refractivity contribution is 6.42. The molecule has 0 radical (unpaired) electrons. The summed E-state index contributed by atoms with van der Waals surface area (Å²) < 4.78 is 0. The van der Waals surface area contributed by atoms with E-state index in [0.717, 1.165) is 17.3 Å². The highest BCUT2D eigenvalue weighted by Gasteiger charge is 2.10. The lowest BCUT2D eigenvalue weighted by atomic mass is 10.2. The fourth-order valence-corrected chi connectivity index (χ4v) is 2.70. The van der Waals surface area contributed by atoms with Gasteiger partial charge in [0.05, 0.1) is 10.0 Å². The van der Waals surface area contributed by atoms with Gasteiger partial charge in [-0.15, -0.1) is 0 Å². The number of halogens is 2. The Bertz CT molecular complexity index is 1010. The van der Waals surface area contributed by atoms with E-state index in [-0.39, 0.29) is 22.9 Å². The number of rotatable bonds is 7. The number of pyridine rings is 1. The molecule has 2 heterocycles. The van der Waals surface area contributed by atoms with Crippen molar-refractivity contribution in [3.8, 4) is 0 Å². The number of H-pyrrole nitrogens is 1. The second kappa shape index (κ2) is 8.66. The van der Waals surface area contributed by atoms with Crippen molar-refractivity contribution in [2.24, 2.45) is 0 Å². The summed E-state index contributed by atoms with van der Waals surface area (Å²) in [7, 11) is 0. The molecule has 3 aromatic rings. The average Bonchev–Trinajstić information content (AvgIpc) is 2.68. The number of hydrogen-bond acceptors (Lipinski definition) is 6. The van der Waals surface area contributed by atoms with Crippen LogP contribution in [-0.4, -0.2) is 21.2 Å². The monoisotopic (exact) mass is 402 g/mol. The van der Waals surface area contributed by atoms with Crippen molar-refractivity contribution in [1.82, 2.24) is 15.0 Å². The Kier molecular flexibility index (Phi) is 6.05. The van der Waals surface area contributed by atoms with E-state index in [4.69, 9.17) is 28.6 Å². The van der Waals surface area contributed by atoms with Gasteiger partial charge < -0.3 is 16.0 Å². The molecule has 0 bridgehead atoms. The van der Waals surface area contributed by atoms with Crippen LogP contribution >= 0.6 is 23.2 Å². The van der Waals surface area contributed by atoms with Crippen LogP contribution in [0.3, 0.4) is 0 Å². The summed E-state index contributed by atoms with van der Waals surface area (Å²) in [5.41, 5.74) is 1.88. The van der Waals surface area contributed by atoms with Gasteiger partial charge in [-0.25, -0.2) is 4.98 Å². The first kappa shape index (κ1) is 18.9. The molecule has 0 fully saturated rings. The molecule has 7 nitrogen and oxygen atoms in total. The SMILES string of the molecule is N=Cc1nc(NCc2ccc(Cl)c(Cl)c2)[nH]c(=O)c1NCc1cccnc1. The highest BCUT2D eigenvalue weighted by Crippen LogP contribution is 2.22. The Morgan fingerprint density at radius 1 is 1.11 bits per heavy atom. The van der Waals surface area contributed by atoms with Gasteiger partial charge in [0.15, 0.2) is 0 Å². The molecule has 0 aliphatic rings. The second-order valence-corrected chi connectivity index (χ2v) is 6.45. The van der Waals surface area contributed by atoms with E-state index in [9.17, 15) is 4.79 Å². The minimum absolute atomic E-state index is 0.231. The number of nitrogens with zero attached hydrogens (tertiary/aromatic N) is 2. The summed E-state index contributed by atoms with van der Waals surface area (Å²) in [5, 5.41) is 14.5. The molecule has 4 N–H and O–H groups in total. The molecule has 138 valence electrons. The molecule has 27 heavy (non-hydrogen) atoms. The van der Waals surface area contributed by atoms with E-state index in [0.29, 0.717) is 23.1 Å². The van der Waals surface area contributed by atoms with Gasteiger partial charge in [-0.05, 0) is 29.3 Å². The van der Waals surface area contributed by atoms with Crippen LogP contribution in [-0.2, 0) is 13.1 Å². The lowest BCUT2D eigenvalue weighted by Crippen LogP contribution is -2.20. The van der Waals surface area contributed by atoms with Crippen LogP contribution in [0.15, 0.2) is 47.5 Å². The van der Waals surface area contributed by atoms with Gasteiger partial charge >= 0.3 is 0 Å². The first-order valence-electron chi connectivity index (χ1n) is 8.02. The second-order valence-electron chi connectivity index (χ2n) is 5.64. The highest BCUT2D eigenvalue weighted by atomic mass is 35.5. The van der Waals surface area contributed by atoms with Crippen molar-refractivity contribution in [3.05, 3.63) is 79.9 Å². The first-order chi connectivity index (χ1) is 13.1. The fraction of sp³-hybridized carbons (Fsp3) is 0.111. The van der Waals surface area contributed by atoms with Crippen LogP contribution in [0.2, 0.25) is 10.0 Å². The Balaban J connectivity index is 1.74. The summed E-state index contributed by atoms with van der Waals surface area (Å²) in [6.07, 6.45) is 4.41. The van der Waals surface area contributed by atoms with Crippen LogP contribution in [0.5, 0.6) is 0 Å². The van der Waals surface area contributed by atoms with Crippen LogP contribution in [0.4, 0.5) is 11.6 Å². The van der Waals surface area contributed by atoms with Gasteiger partial charge in [0.1, 0.15) is 11.4 Å². The molecular weight excluding hydrogens is 387 g/mol.